The zero-order valence-corrected chi connectivity index (χ0v) is 16.9. The summed E-state index contributed by atoms with van der Waals surface area (Å²) in [7, 11) is 3.57. The van der Waals surface area contributed by atoms with Crippen LogP contribution >= 0.6 is 23.2 Å². The monoisotopic (exact) mass is 393 g/mol. The highest BCUT2D eigenvalue weighted by atomic mass is 35.5. The molecule has 140 valence electrons. The fourth-order valence-electron chi connectivity index (χ4n) is 2.91. The normalized spacial score (nSPS) is 16.9. The van der Waals surface area contributed by atoms with Crippen molar-refractivity contribution in [3.63, 3.8) is 0 Å². The number of alkyl halides is 1. The number of halogens is 2. The average molecular weight is 394 g/mol. The van der Waals surface area contributed by atoms with Crippen molar-refractivity contribution in [1.29, 1.82) is 0 Å². The summed E-state index contributed by atoms with van der Waals surface area (Å²) in [6.45, 7) is 2.56. The van der Waals surface area contributed by atoms with Crippen molar-refractivity contribution < 1.29 is 4.74 Å². The minimum Gasteiger partial charge on any atom is -0.497 e. The summed E-state index contributed by atoms with van der Waals surface area (Å²) >= 11 is 12.2. The maximum absolute atomic E-state index is 6.43. The molecule has 1 aliphatic heterocycles. The SMILES string of the molecule is C/C=C(CC(C1=CN(C)C(N)=NC1)c1ccc(OC)cc1)\C(Cl)=C/CCl. The minimum absolute atomic E-state index is 0.129. The number of benzene rings is 1. The van der Waals surface area contributed by atoms with Crippen LogP contribution in [0.25, 0.3) is 0 Å². The van der Waals surface area contributed by atoms with E-state index < -0.39 is 0 Å². The number of nitrogens with two attached hydrogens (primary N) is 1. The molecule has 0 fully saturated rings. The first-order chi connectivity index (χ1) is 12.5. The Bertz CT molecular complexity index is 736. The van der Waals surface area contributed by atoms with Gasteiger partial charge in [0, 0.05) is 30.1 Å². The smallest absolute Gasteiger partial charge is 0.195 e. The van der Waals surface area contributed by atoms with Gasteiger partial charge < -0.3 is 15.4 Å². The summed E-state index contributed by atoms with van der Waals surface area (Å²) < 4.78 is 5.28. The summed E-state index contributed by atoms with van der Waals surface area (Å²) in [5.74, 6) is 1.86. The molecule has 0 aromatic heterocycles. The van der Waals surface area contributed by atoms with Gasteiger partial charge in [0.25, 0.3) is 0 Å². The van der Waals surface area contributed by atoms with Crippen LogP contribution in [-0.4, -0.2) is 37.4 Å². The molecule has 0 saturated carbocycles. The second kappa shape index (κ2) is 9.70. The van der Waals surface area contributed by atoms with E-state index in [0.717, 1.165) is 17.7 Å². The van der Waals surface area contributed by atoms with E-state index in [-0.39, 0.29) is 5.92 Å². The maximum atomic E-state index is 6.43. The fourth-order valence-corrected chi connectivity index (χ4v) is 3.41. The lowest BCUT2D eigenvalue weighted by atomic mass is 9.85. The maximum Gasteiger partial charge on any atom is 0.195 e. The average Bonchev–Trinajstić information content (AvgIpc) is 2.65. The molecule has 1 heterocycles. The number of rotatable bonds is 7. The molecule has 2 rings (SSSR count). The van der Waals surface area contributed by atoms with E-state index in [4.69, 9.17) is 33.7 Å². The van der Waals surface area contributed by atoms with E-state index in [1.54, 1.807) is 7.11 Å². The Morgan fingerprint density at radius 1 is 1.38 bits per heavy atom. The van der Waals surface area contributed by atoms with Crippen LogP contribution in [0.4, 0.5) is 0 Å². The van der Waals surface area contributed by atoms with Crippen LogP contribution < -0.4 is 10.5 Å². The molecule has 1 unspecified atom stereocenters. The standard InChI is InChI=1S/C20H25Cl2N3O/c1-4-14(19(22)9-10-21)11-18(15-5-7-17(26-3)8-6-15)16-12-24-20(23)25(2)13-16/h4-9,13,18H,10-12H2,1-3H3,(H2,23,24)/b14-4-,19-9+. The number of hydrogen-bond donors (Lipinski definition) is 1. The largest absolute Gasteiger partial charge is 0.497 e. The molecule has 1 atom stereocenters. The number of methoxy groups -OCH3 is 1. The van der Waals surface area contributed by atoms with Gasteiger partial charge in [-0.3, -0.25) is 0 Å². The van der Waals surface area contributed by atoms with Gasteiger partial charge in [0.15, 0.2) is 5.96 Å². The molecular weight excluding hydrogens is 369 g/mol. The van der Waals surface area contributed by atoms with Crippen molar-refractivity contribution in [2.45, 2.75) is 19.3 Å². The first-order valence-corrected chi connectivity index (χ1v) is 9.35. The highest BCUT2D eigenvalue weighted by Gasteiger charge is 2.22. The fraction of sp³-hybridized carbons (Fsp3) is 0.350. The predicted molar refractivity (Wildman–Crippen MR) is 111 cm³/mol. The summed E-state index contributed by atoms with van der Waals surface area (Å²) in [6.07, 6.45) is 6.67. The van der Waals surface area contributed by atoms with Gasteiger partial charge in [-0.25, -0.2) is 4.99 Å². The molecular formula is C20H25Cl2N3O. The number of nitrogens with zero attached hydrogens (tertiary/aromatic N) is 2. The van der Waals surface area contributed by atoms with E-state index >= 15 is 0 Å². The van der Waals surface area contributed by atoms with E-state index in [0.29, 0.717) is 23.4 Å². The molecule has 0 aliphatic carbocycles. The molecule has 6 heteroatoms. The van der Waals surface area contributed by atoms with Crippen molar-refractivity contribution in [3.05, 3.63) is 64.4 Å². The third-order valence-electron chi connectivity index (χ3n) is 4.45. The Morgan fingerprint density at radius 3 is 2.62 bits per heavy atom. The number of guanidine groups is 1. The van der Waals surface area contributed by atoms with Crippen LogP contribution in [0.15, 0.2) is 63.8 Å². The molecule has 2 N–H and O–H groups in total. The van der Waals surface area contributed by atoms with Gasteiger partial charge in [-0.15, -0.1) is 11.6 Å². The topological polar surface area (TPSA) is 50.8 Å². The first kappa shape index (κ1) is 20.4. The molecule has 1 aliphatic rings. The molecule has 0 spiro atoms. The molecule has 26 heavy (non-hydrogen) atoms. The number of ether oxygens (including phenoxy) is 1. The van der Waals surface area contributed by atoms with E-state index in [1.165, 1.54) is 11.1 Å². The van der Waals surface area contributed by atoms with Gasteiger partial charge in [0.2, 0.25) is 0 Å². The minimum atomic E-state index is 0.129. The quantitative estimate of drug-likeness (QED) is 0.542. The molecule has 1 aromatic carbocycles. The summed E-state index contributed by atoms with van der Waals surface area (Å²) in [5.41, 5.74) is 9.30. The lowest BCUT2D eigenvalue weighted by Crippen LogP contribution is -2.33. The third kappa shape index (κ3) is 5.05. The van der Waals surface area contributed by atoms with Crippen molar-refractivity contribution >= 4 is 29.2 Å². The molecule has 4 nitrogen and oxygen atoms in total. The van der Waals surface area contributed by atoms with Crippen LogP contribution in [0.5, 0.6) is 5.75 Å². The van der Waals surface area contributed by atoms with Crippen molar-refractivity contribution in [2.75, 3.05) is 26.6 Å². The van der Waals surface area contributed by atoms with Crippen LogP contribution in [-0.2, 0) is 0 Å². The van der Waals surface area contributed by atoms with E-state index in [1.807, 2.05) is 43.2 Å². The van der Waals surface area contributed by atoms with Gasteiger partial charge in [-0.1, -0.05) is 35.9 Å². The number of hydrogen-bond acceptors (Lipinski definition) is 4. The van der Waals surface area contributed by atoms with E-state index in [9.17, 15) is 0 Å². The van der Waals surface area contributed by atoms with Crippen molar-refractivity contribution in [1.82, 2.24) is 4.90 Å². The lowest BCUT2D eigenvalue weighted by molar-refractivity contribution is 0.414. The Morgan fingerprint density at radius 2 is 2.08 bits per heavy atom. The molecule has 0 amide bonds. The Balaban J connectivity index is 2.38. The number of aliphatic imine (C=N–C) groups is 1. The second-order valence-corrected chi connectivity index (χ2v) is 6.76. The Kier molecular flexibility index (Phi) is 7.61. The second-order valence-electron chi connectivity index (χ2n) is 6.04. The summed E-state index contributed by atoms with van der Waals surface area (Å²) in [5, 5.41) is 0.689. The number of allylic oxidation sites excluding steroid dienone is 4. The van der Waals surface area contributed by atoms with Crippen LogP contribution in [0.1, 0.15) is 24.8 Å². The Labute approximate surface area is 165 Å². The third-order valence-corrected chi connectivity index (χ3v) is 5.00. The van der Waals surface area contributed by atoms with Crippen LogP contribution in [0, 0.1) is 0 Å². The van der Waals surface area contributed by atoms with Crippen LogP contribution in [0.3, 0.4) is 0 Å². The van der Waals surface area contributed by atoms with Gasteiger partial charge >= 0.3 is 0 Å². The van der Waals surface area contributed by atoms with Gasteiger partial charge in [-0.05, 0) is 42.2 Å². The first-order valence-electron chi connectivity index (χ1n) is 8.44. The summed E-state index contributed by atoms with van der Waals surface area (Å²) in [6, 6.07) is 8.11. The summed E-state index contributed by atoms with van der Waals surface area (Å²) in [4.78, 5) is 6.27. The molecule has 1 aromatic rings. The van der Waals surface area contributed by atoms with Crippen LogP contribution in [0.2, 0.25) is 0 Å². The lowest BCUT2D eigenvalue weighted by Gasteiger charge is -2.27. The highest BCUT2D eigenvalue weighted by Crippen LogP contribution is 2.36. The zero-order valence-electron chi connectivity index (χ0n) is 15.4. The highest BCUT2D eigenvalue weighted by molar-refractivity contribution is 6.32. The van der Waals surface area contributed by atoms with Crippen molar-refractivity contribution in [3.8, 4) is 5.75 Å². The molecule has 0 saturated heterocycles. The Hall–Kier alpha value is -1.91. The van der Waals surface area contributed by atoms with Gasteiger partial charge in [0.1, 0.15) is 5.75 Å². The molecule has 0 radical (unpaired) electrons. The van der Waals surface area contributed by atoms with Gasteiger partial charge in [-0.2, -0.15) is 0 Å². The van der Waals surface area contributed by atoms with Gasteiger partial charge in [0.05, 0.1) is 13.7 Å². The van der Waals surface area contributed by atoms with Crippen molar-refractivity contribution in [2.24, 2.45) is 10.7 Å². The predicted octanol–water partition coefficient (Wildman–Crippen LogP) is 4.62. The van der Waals surface area contributed by atoms with E-state index in [2.05, 4.69) is 23.3 Å². The molecule has 0 bridgehead atoms. The zero-order chi connectivity index (χ0) is 19.1.